The summed E-state index contributed by atoms with van der Waals surface area (Å²) in [6.45, 7) is 6.38. The van der Waals surface area contributed by atoms with Gasteiger partial charge in [-0.25, -0.2) is 9.97 Å². The minimum Gasteiger partial charge on any atom is -0.372 e. The van der Waals surface area contributed by atoms with Crippen molar-refractivity contribution in [3.63, 3.8) is 0 Å². The Labute approximate surface area is 134 Å². The highest BCUT2D eigenvalue weighted by molar-refractivity contribution is 14.1. The van der Waals surface area contributed by atoms with Gasteiger partial charge in [0.05, 0.1) is 9.26 Å². The molecular weight excluding hydrogens is 361 g/mol. The van der Waals surface area contributed by atoms with Crippen LogP contribution in [0, 0.1) is 17.4 Å². The molecule has 0 spiro atoms. The average molecular weight is 381 g/mol. The van der Waals surface area contributed by atoms with Gasteiger partial charge in [-0.2, -0.15) is 0 Å². The third-order valence-electron chi connectivity index (χ3n) is 3.18. The Morgan fingerprint density at radius 2 is 1.75 bits per heavy atom. The lowest BCUT2D eigenvalue weighted by Crippen LogP contribution is -2.07. The molecule has 0 aliphatic carbocycles. The summed E-state index contributed by atoms with van der Waals surface area (Å²) in [7, 11) is 1.91. The number of aryl methyl sites for hydroxylation is 3. The number of hydrogen-bond acceptors (Lipinski definition) is 3. The van der Waals surface area contributed by atoms with E-state index in [1.807, 2.05) is 7.05 Å². The predicted octanol–water partition coefficient (Wildman–Crippen LogP) is 3.89. The summed E-state index contributed by atoms with van der Waals surface area (Å²) in [5, 5.41) is 3.16. The molecule has 20 heavy (non-hydrogen) atoms. The molecule has 0 fully saturated rings. The van der Waals surface area contributed by atoms with Gasteiger partial charge in [0, 0.05) is 13.5 Å². The van der Waals surface area contributed by atoms with E-state index in [-0.39, 0.29) is 0 Å². The largest absolute Gasteiger partial charge is 0.372 e. The van der Waals surface area contributed by atoms with Gasteiger partial charge in [0.15, 0.2) is 0 Å². The van der Waals surface area contributed by atoms with E-state index in [4.69, 9.17) is 4.98 Å². The molecule has 1 N–H and O–H groups in total. The average Bonchev–Trinajstić information content (AvgIpc) is 2.39. The number of benzene rings is 1. The van der Waals surface area contributed by atoms with Crippen LogP contribution in [-0.2, 0) is 12.8 Å². The number of aromatic nitrogens is 2. The van der Waals surface area contributed by atoms with E-state index in [2.05, 4.69) is 71.9 Å². The monoisotopic (exact) mass is 381 g/mol. The molecule has 2 aromatic rings. The van der Waals surface area contributed by atoms with Gasteiger partial charge < -0.3 is 5.32 Å². The maximum Gasteiger partial charge on any atom is 0.143 e. The molecular formula is C16H20IN3. The zero-order chi connectivity index (χ0) is 14.7. The molecule has 0 radical (unpaired) electrons. The van der Waals surface area contributed by atoms with Gasteiger partial charge in [0.2, 0.25) is 0 Å². The Morgan fingerprint density at radius 3 is 2.30 bits per heavy atom. The number of halogens is 1. The van der Waals surface area contributed by atoms with Crippen molar-refractivity contribution in [2.75, 3.05) is 12.4 Å². The summed E-state index contributed by atoms with van der Waals surface area (Å²) in [6.07, 6.45) is 1.70. The summed E-state index contributed by atoms with van der Waals surface area (Å²) in [6, 6.07) is 6.60. The molecule has 0 amide bonds. The van der Waals surface area contributed by atoms with Gasteiger partial charge in [-0.1, -0.05) is 36.2 Å². The lowest BCUT2D eigenvalue weighted by Gasteiger charge is -2.11. The second-order valence-corrected chi connectivity index (χ2v) is 6.10. The fourth-order valence-electron chi connectivity index (χ4n) is 2.38. The first-order chi connectivity index (χ1) is 9.53. The number of anilines is 1. The first kappa shape index (κ1) is 15.2. The van der Waals surface area contributed by atoms with Crippen LogP contribution >= 0.6 is 22.6 Å². The van der Waals surface area contributed by atoms with Crippen LogP contribution in [0.4, 0.5) is 5.82 Å². The van der Waals surface area contributed by atoms with Crippen LogP contribution < -0.4 is 5.32 Å². The second kappa shape index (κ2) is 6.52. The van der Waals surface area contributed by atoms with E-state index < -0.39 is 0 Å². The molecule has 1 aromatic heterocycles. The van der Waals surface area contributed by atoms with Crippen LogP contribution in [0.5, 0.6) is 0 Å². The lowest BCUT2D eigenvalue weighted by molar-refractivity contribution is 0.896. The van der Waals surface area contributed by atoms with Gasteiger partial charge in [-0.05, 0) is 48.4 Å². The highest BCUT2D eigenvalue weighted by atomic mass is 127. The Kier molecular flexibility index (Phi) is 4.96. The molecule has 0 aliphatic heterocycles. The molecule has 106 valence electrons. The smallest absolute Gasteiger partial charge is 0.143 e. The zero-order valence-electron chi connectivity index (χ0n) is 12.4. The molecule has 2 rings (SSSR count). The number of nitrogens with one attached hydrogen (secondary N) is 1. The van der Waals surface area contributed by atoms with Crippen LogP contribution in [0.3, 0.4) is 0 Å². The summed E-state index contributed by atoms with van der Waals surface area (Å²) in [5.74, 6) is 1.81. The van der Waals surface area contributed by atoms with Crippen molar-refractivity contribution in [3.05, 3.63) is 50.0 Å². The van der Waals surface area contributed by atoms with Crippen molar-refractivity contribution in [1.29, 1.82) is 0 Å². The van der Waals surface area contributed by atoms with Crippen molar-refractivity contribution in [2.45, 2.75) is 33.6 Å². The third-order valence-corrected chi connectivity index (χ3v) is 4.32. The van der Waals surface area contributed by atoms with E-state index in [0.717, 1.165) is 33.7 Å². The van der Waals surface area contributed by atoms with Crippen LogP contribution in [0.1, 0.15) is 35.1 Å². The van der Waals surface area contributed by atoms with E-state index in [0.29, 0.717) is 0 Å². The van der Waals surface area contributed by atoms with E-state index in [9.17, 15) is 0 Å². The molecule has 4 heteroatoms. The second-order valence-electron chi connectivity index (χ2n) is 5.03. The summed E-state index contributed by atoms with van der Waals surface area (Å²) < 4.78 is 1.12. The normalized spacial score (nSPS) is 10.7. The molecule has 0 saturated heterocycles. The van der Waals surface area contributed by atoms with Crippen LogP contribution in [0.2, 0.25) is 0 Å². The third kappa shape index (κ3) is 3.48. The summed E-state index contributed by atoms with van der Waals surface area (Å²) >= 11 is 2.31. The van der Waals surface area contributed by atoms with Gasteiger partial charge in [-0.3, -0.25) is 0 Å². The van der Waals surface area contributed by atoms with Gasteiger partial charge in [0.1, 0.15) is 11.6 Å². The van der Waals surface area contributed by atoms with Gasteiger partial charge in [-0.15, -0.1) is 0 Å². The molecule has 0 aliphatic rings. The van der Waals surface area contributed by atoms with Crippen LogP contribution in [-0.4, -0.2) is 17.0 Å². The van der Waals surface area contributed by atoms with E-state index >= 15 is 0 Å². The number of hydrogen-bond donors (Lipinski definition) is 1. The SMILES string of the molecule is CCc1nc(Cc2cc(C)cc(C)c2)nc(NC)c1I. The molecule has 0 atom stereocenters. The Balaban J connectivity index is 2.38. The first-order valence-corrected chi connectivity index (χ1v) is 7.91. The maximum absolute atomic E-state index is 4.70. The minimum absolute atomic E-state index is 0.779. The van der Waals surface area contributed by atoms with Crippen molar-refractivity contribution < 1.29 is 0 Å². The van der Waals surface area contributed by atoms with Gasteiger partial charge >= 0.3 is 0 Å². The number of rotatable bonds is 4. The minimum atomic E-state index is 0.779. The Bertz CT molecular complexity index is 578. The first-order valence-electron chi connectivity index (χ1n) is 6.83. The zero-order valence-corrected chi connectivity index (χ0v) is 14.6. The highest BCUT2D eigenvalue weighted by Gasteiger charge is 2.10. The van der Waals surface area contributed by atoms with Crippen LogP contribution in [0.15, 0.2) is 18.2 Å². The van der Waals surface area contributed by atoms with E-state index in [1.54, 1.807) is 0 Å². The molecule has 0 bridgehead atoms. The van der Waals surface area contributed by atoms with Crippen molar-refractivity contribution in [1.82, 2.24) is 9.97 Å². The molecule has 0 saturated carbocycles. The standard InChI is InChI=1S/C16H20IN3/c1-5-13-15(17)16(18-4)20-14(19-13)9-12-7-10(2)6-11(3)8-12/h6-8H,5,9H2,1-4H3,(H,18,19,20). The van der Waals surface area contributed by atoms with Crippen LogP contribution in [0.25, 0.3) is 0 Å². The lowest BCUT2D eigenvalue weighted by atomic mass is 10.0. The molecule has 1 aromatic carbocycles. The fraction of sp³-hybridized carbons (Fsp3) is 0.375. The quantitative estimate of drug-likeness (QED) is 0.817. The summed E-state index contributed by atoms with van der Waals surface area (Å²) in [5.41, 5.74) is 4.96. The maximum atomic E-state index is 4.70. The van der Waals surface area contributed by atoms with Crippen molar-refractivity contribution in [2.24, 2.45) is 0 Å². The van der Waals surface area contributed by atoms with Crippen molar-refractivity contribution >= 4 is 28.4 Å². The van der Waals surface area contributed by atoms with E-state index in [1.165, 1.54) is 16.7 Å². The fourth-order valence-corrected chi connectivity index (χ4v) is 3.27. The van der Waals surface area contributed by atoms with Gasteiger partial charge in [0.25, 0.3) is 0 Å². The van der Waals surface area contributed by atoms with Crippen molar-refractivity contribution in [3.8, 4) is 0 Å². The topological polar surface area (TPSA) is 37.8 Å². The number of nitrogens with zero attached hydrogens (tertiary/aromatic N) is 2. The molecule has 3 nitrogen and oxygen atoms in total. The Morgan fingerprint density at radius 1 is 1.10 bits per heavy atom. The predicted molar refractivity (Wildman–Crippen MR) is 92.4 cm³/mol. The summed E-state index contributed by atoms with van der Waals surface area (Å²) in [4.78, 5) is 9.32. The molecule has 1 heterocycles. The highest BCUT2D eigenvalue weighted by Crippen LogP contribution is 2.21. The Hall–Kier alpha value is -1.17. The molecule has 0 unspecified atom stereocenters.